The van der Waals surface area contributed by atoms with Crippen LogP contribution in [0.2, 0.25) is 0 Å². The molecule has 0 atom stereocenters. The lowest BCUT2D eigenvalue weighted by Crippen LogP contribution is -2.31. The number of carbonyl (C=O) groups is 1. The Morgan fingerprint density at radius 3 is 2.56 bits per heavy atom. The van der Waals surface area contributed by atoms with Crippen molar-refractivity contribution in [1.82, 2.24) is 14.9 Å². The molecule has 0 unspecified atom stereocenters. The summed E-state index contributed by atoms with van der Waals surface area (Å²) in [5, 5.41) is 4.99. The average Bonchev–Trinajstić information content (AvgIpc) is 3.16. The molecule has 1 fully saturated rings. The second-order valence-corrected chi connectivity index (χ2v) is 7.25. The summed E-state index contributed by atoms with van der Waals surface area (Å²) in [4.78, 5) is 21.2. The molecule has 3 rings (SSSR count). The van der Waals surface area contributed by atoms with Crippen LogP contribution in [-0.2, 0) is 6.18 Å². The van der Waals surface area contributed by atoms with Gasteiger partial charge in [-0.25, -0.2) is 18.2 Å². The van der Waals surface area contributed by atoms with Crippen LogP contribution in [0.1, 0.15) is 22.3 Å². The van der Waals surface area contributed by atoms with E-state index >= 15 is 0 Å². The van der Waals surface area contributed by atoms with Crippen LogP contribution in [0.4, 0.5) is 43.8 Å². The summed E-state index contributed by atoms with van der Waals surface area (Å²) in [5.74, 6) is -4.62. The lowest BCUT2D eigenvalue weighted by atomic mass is 10.1. The summed E-state index contributed by atoms with van der Waals surface area (Å²) in [7, 11) is 2.49. The molecule has 0 saturated carbocycles. The van der Waals surface area contributed by atoms with Gasteiger partial charge in [0.2, 0.25) is 5.95 Å². The molecule has 0 aliphatic carbocycles. The Morgan fingerprint density at radius 2 is 2.00 bits per heavy atom. The Morgan fingerprint density at radius 1 is 1.26 bits per heavy atom. The molecule has 186 valence electrons. The molecule has 2 aromatic rings. The largest absolute Gasteiger partial charge is 0.496 e. The second-order valence-electron chi connectivity index (χ2n) is 7.25. The van der Waals surface area contributed by atoms with Gasteiger partial charge in [-0.05, 0) is 6.07 Å². The molecule has 8 nitrogen and oxygen atoms in total. The summed E-state index contributed by atoms with van der Waals surface area (Å²) in [6.45, 7) is -2.22. The van der Waals surface area contributed by atoms with E-state index in [0.29, 0.717) is 6.20 Å². The number of halogens is 6. The monoisotopic (exact) mass is 493 g/mol. The number of likely N-dealkylation sites (tertiary alicyclic amines) is 1. The Hall–Kier alpha value is -3.45. The molecule has 14 heteroatoms. The number of nitrogens with one attached hydrogen (secondary N) is 2. The fourth-order valence-corrected chi connectivity index (χ4v) is 3.30. The van der Waals surface area contributed by atoms with Crippen molar-refractivity contribution in [3.05, 3.63) is 29.5 Å². The molecule has 0 spiro atoms. The first-order valence-corrected chi connectivity index (χ1v) is 9.96. The third-order valence-electron chi connectivity index (χ3n) is 4.90. The zero-order chi connectivity index (χ0) is 25.1. The zero-order valence-corrected chi connectivity index (χ0v) is 18.1. The van der Waals surface area contributed by atoms with Crippen molar-refractivity contribution in [2.75, 3.05) is 51.2 Å². The van der Waals surface area contributed by atoms with Crippen molar-refractivity contribution in [2.45, 2.75) is 18.5 Å². The maximum Gasteiger partial charge on any atom is 0.421 e. The van der Waals surface area contributed by atoms with Gasteiger partial charge in [-0.1, -0.05) is 0 Å². The van der Waals surface area contributed by atoms with Crippen LogP contribution in [0.3, 0.4) is 0 Å². The SMILES string of the molecule is CNc1nc(Nc2cc(OC)c(C(=O)N3CCC(F)(F)C3)cc2OCCF)ncc1C(F)(F)F. The Balaban J connectivity index is 1.98. The number of anilines is 3. The first-order chi connectivity index (χ1) is 16.0. The molecule has 2 N–H and O–H groups in total. The van der Waals surface area contributed by atoms with Crippen molar-refractivity contribution < 1.29 is 40.6 Å². The molecule has 1 aromatic carbocycles. The summed E-state index contributed by atoms with van der Waals surface area (Å²) >= 11 is 0. The first kappa shape index (κ1) is 25.2. The van der Waals surface area contributed by atoms with Gasteiger partial charge in [-0.15, -0.1) is 0 Å². The van der Waals surface area contributed by atoms with Crippen LogP contribution in [0.25, 0.3) is 0 Å². The number of ether oxygens (including phenoxy) is 2. The van der Waals surface area contributed by atoms with E-state index in [1.54, 1.807) is 0 Å². The topological polar surface area (TPSA) is 88.6 Å². The predicted octanol–water partition coefficient (Wildman–Crippen LogP) is 4.12. The second kappa shape index (κ2) is 9.81. The molecule has 1 aliphatic rings. The number of methoxy groups -OCH3 is 1. The van der Waals surface area contributed by atoms with E-state index in [4.69, 9.17) is 9.47 Å². The summed E-state index contributed by atoms with van der Waals surface area (Å²) in [6, 6.07) is 2.44. The number of aromatic nitrogens is 2. The Bertz CT molecular complexity index is 1050. The lowest BCUT2D eigenvalue weighted by molar-refractivity contribution is -0.137. The summed E-state index contributed by atoms with van der Waals surface area (Å²) in [6.07, 6.45) is -4.60. The number of alkyl halides is 6. The van der Waals surface area contributed by atoms with Crippen molar-refractivity contribution >= 4 is 23.4 Å². The number of rotatable bonds is 8. The number of nitrogens with zero attached hydrogens (tertiary/aromatic N) is 3. The van der Waals surface area contributed by atoms with Gasteiger partial charge in [0.25, 0.3) is 11.8 Å². The van der Waals surface area contributed by atoms with Crippen molar-refractivity contribution in [3.63, 3.8) is 0 Å². The molecule has 2 heterocycles. The van der Waals surface area contributed by atoms with E-state index in [-0.39, 0.29) is 35.2 Å². The predicted molar refractivity (Wildman–Crippen MR) is 110 cm³/mol. The third-order valence-corrected chi connectivity index (χ3v) is 4.90. The number of benzene rings is 1. The molecule has 0 bridgehead atoms. The van der Waals surface area contributed by atoms with Crippen LogP contribution in [0.5, 0.6) is 11.5 Å². The zero-order valence-electron chi connectivity index (χ0n) is 18.1. The van der Waals surface area contributed by atoms with Gasteiger partial charge in [0, 0.05) is 32.3 Å². The Kier molecular flexibility index (Phi) is 7.26. The fourth-order valence-electron chi connectivity index (χ4n) is 3.30. The number of hydrogen-bond donors (Lipinski definition) is 2. The van der Waals surface area contributed by atoms with Crippen LogP contribution in [-0.4, -0.2) is 67.2 Å². The van der Waals surface area contributed by atoms with E-state index in [9.17, 15) is 31.1 Å². The molecule has 1 aliphatic heterocycles. The molecular formula is C20H21F6N5O3. The van der Waals surface area contributed by atoms with E-state index < -0.39 is 55.6 Å². The van der Waals surface area contributed by atoms with Gasteiger partial charge in [-0.2, -0.15) is 18.2 Å². The molecule has 1 saturated heterocycles. The molecular weight excluding hydrogens is 472 g/mol. The van der Waals surface area contributed by atoms with Crippen LogP contribution in [0.15, 0.2) is 18.3 Å². The maximum absolute atomic E-state index is 13.6. The molecule has 1 aromatic heterocycles. The van der Waals surface area contributed by atoms with Gasteiger partial charge < -0.3 is 25.0 Å². The van der Waals surface area contributed by atoms with Gasteiger partial charge in [0.1, 0.15) is 36.2 Å². The number of carbonyl (C=O) groups excluding carboxylic acids is 1. The smallest absolute Gasteiger partial charge is 0.421 e. The third kappa shape index (κ3) is 5.54. The fraction of sp³-hybridized carbons (Fsp3) is 0.450. The number of hydrogen-bond acceptors (Lipinski definition) is 7. The normalized spacial score (nSPS) is 15.2. The van der Waals surface area contributed by atoms with Crippen LogP contribution in [0, 0.1) is 0 Å². The minimum atomic E-state index is -4.69. The average molecular weight is 493 g/mol. The molecule has 34 heavy (non-hydrogen) atoms. The Labute approximate surface area is 190 Å². The highest BCUT2D eigenvalue weighted by molar-refractivity contribution is 5.98. The lowest BCUT2D eigenvalue weighted by Gasteiger charge is -2.20. The number of amides is 1. The van der Waals surface area contributed by atoms with Crippen molar-refractivity contribution in [2.24, 2.45) is 0 Å². The van der Waals surface area contributed by atoms with Gasteiger partial charge >= 0.3 is 6.18 Å². The van der Waals surface area contributed by atoms with Gasteiger partial charge in [0.05, 0.1) is 24.9 Å². The maximum atomic E-state index is 13.6. The van der Waals surface area contributed by atoms with Crippen LogP contribution < -0.4 is 20.1 Å². The highest BCUT2D eigenvalue weighted by Crippen LogP contribution is 2.38. The summed E-state index contributed by atoms with van der Waals surface area (Å²) < 4.78 is 89.7. The van der Waals surface area contributed by atoms with Crippen LogP contribution >= 0.6 is 0 Å². The standard InChI is InChI=1S/C20H21F6N5O3/c1-27-16-12(20(24,25)26)9-28-18(30-16)29-13-8-14(33-2)11(7-15(13)34-6-4-21)17(32)31-5-3-19(22,23)10-31/h7-9H,3-6,10H2,1-2H3,(H2,27,28,29,30). The van der Waals surface area contributed by atoms with Gasteiger partial charge in [0.15, 0.2) is 0 Å². The first-order valence-electron chi connectivity index (χ1n) is 9.96. The van der Waals surface area contributed by atoms with Crippen molar-refractivity contribution in [3.8, 4) is 11.5 Å². The highest BCUT2D eigenvalue weighted by Gasteiger charge is 2.41. The molecule has 0 radical (unpaired) electrons. The van der Waals surface area contributed by atoms with E-state index in [2.05, 4.69) is 20.6 Å². The van der Waals surface area contributed by atoms with E-state index in [0.717, 1.165) is 4.90 Å². The van der Waals surface area contributed by atoms with Gasteiger partial charge in [-0.3, -0.25) is 4.79 Å². The minimum absolute atomic E-state index is 0.0314. The van der Waals surface area contributed by atoms with E-state index in [1.807, 2.05) is 0 Å². The van der Waals surface area contributed by atoms with Crippen molar-refractivity contribution in [1.29, 1.82) is 0 Å². The quantitative estimate of drug-likeness (QED) is 0.535. The highest BCUT2D eigenvalue weighted by atomic mass is 19.4. The summed E-state index contributed by atoms with van der Waals surface area (Å²) in [5.41, 5.74) is -1.14. The minimum Gasteiger partial charge on any atom is -0.496 e. The van der Waals surface area contributed by atoms with E-state index in [1.165, 1.54) is 26.3 Å². The molecule has 1 amide bonds.